The van der Waals surface area contributed by atoms with E-state index in [-0.39, 0.29) is 5.69 Å². The first-order valence-electron chi connectivity index (χ1n) is 6.93. The number of carbonyl (C=O) groups is 1. The molecular weight excluding hydrogens is 365 g/mol. The molecule has 1 amide bonds. The van der Waals surface area contributed by atoms with Crippen molar-refractivity contribution in [3.8, 4) is 11.3 Å². The lowest BCUT2D eigenvalue weighted by Gasteiger charge is -2.16. The smallest absolute Gasteiger partial charge is 0.382 e. The number of nitrogens with two attached hydrogens (primary N) is 1. The number of alkyl halides is 3. The van der Waals surface area contributed by atoms with Crippen LogP contribution < -0.4 is 17.0 Å². The molecule has 1 aromatic heterocycles. The standard InChI is InChI=1S/C14H14ClF3N4O3/c15-9-3-1-8(2-4-9)10-5-21(7-12(24)20-19)13(25)22(10)6-11(23)14(16,17)18/h1-5,11,23H,6-7,19H2,(H,20,24). The topological polar surface area (TPSA) is 102 Å². The van der Waals surface area contributed by atoms with Crippen LogP contribution in [0, 0.1) is 0 Å². The Bertz CT molecular complexity index is 814. The average Bonchev–Trinajstić information content (AvgIpc) is 2.84. The van der Waals surface area contributed by atoms with Crippen molar-refractivity contribution in [2.45, 2.75) is 25.4 Å². The third-order valence-electron chi connectivity index (χ3n) is 3.39. The number of aliphatic hydroxyl groups excluding tert-OH is 1. The highest BCUT2D eigenvalue weighted by Crippen LogP contribution is 2.25. The minimum atomic E-state index is -4.90. The molecule has 0 aliphatic carbocycles. The summed E-state index contributed by atoms with van der Waals surface area (Å²) in [7, 11) is 0. The molecule has 1 atom stereocenters. The van der Waals surface area contributed by atoms with Gasteiger partial charge in [0.05, 0.1) is 12.2 Å². The van der Waals surface area contributed by atoms with Gasteiger partial charge in [-0.1, -0.05) is 23.7 Å². The molecule has 1 heterocycles. The molecule has 0 bridgehead atoms. The monoisotopic (exact) mass is 378 g/mol. The zero-order valence-electron chi connectivity index (χ0n) is 12.6. The summed E-state index contributed by atoms with van der Waals surface area (Å²) in [6.45, 7) is -1.50. The predicted molar refractivity (Wildman–Crippen MR) is 83.5 cm³/mol. The lowest BCUT2D eigenvalue weighted by Crippen LogP contribution is -2.39. The number of amides is 1. The Morgan fingerprint density at radius 1 is 1.32 bits per heavy atom. The summed E-state index contributed by atoms with van der Waals surface area (Å²) in [4.78, 5) is 23.7. The van der Waals surface area contributed by atoms with E-state index in [0.717, 1.165) is 9.13 Å². The zero-order valence-corrected chi connectivity index (χ0v) is 13.4. The Morgan fingerprint density at radius 3 is 2.44 bits per heavy atom. The molecule has 0 fully saturated rings. The molecule has 2 rings (SSSR count). The average molecular weight is 379 g/mol. The van der Waals surface area contributed by atoms with Crippen LogP contribution in [0.3, 0.4) is 0 Å². The minimum Gasteiger partial charge on any atom is -0.382 e. The van der Waals surface area contributed by atoms with Crippen LogP contribution >= 0.6 is 11.6 Å². The van der Waals surface area contributed by atoms with Crippen molar-refractivity contribution in [1.29, 1.82) is 0 Å². The van der Waals surface area contributed by atoms with E-state index < -0.39 is 37.0 Å². The van der Waals surface area contributed by atoms with Crippen LogP contribution in [0.5, 0.6) is 0 Å². The van der Waals surface area contributed by atoms with Crippen LogP contribution in [0.4, 0.5) is 13.2 Å². The number of aromatic nitrogens is 2. The van der Waals surface area contributed by atoms with Crippen molar-refractivity contribution in [3.63, 3.8) is 0 Å². The third-order valence-corrected chi connectivity index (χ3v) is 3.65. The predicted octanol–water partition coefficient (Wildman–Crippen LogP) is 0.883. The SMILES string of the molecule is NNC(=O)Cn1cc(-c2ccc(Cl)cc2)n(CC(O)C(F)(F)F)c1=O. The number of imidazole rings is 1. The highest BCUT2D eigenvalue weighted by atomic mass is 35.5. The molecule has 136 valence electrons. The quantitative estimate of drug-likeness (QED) is 0.408. The Hall–Kier alpha value is -2.30. The number of rotatable bonds is 5. The van der Waals surface area contributed by atoms with E-state index in [1.54, 1.807) is 0 Å². The van der Waals surface area contributed by atoms with Gasteiger partial charge in [0, 0.05) is 11.2 Å². The van der Waals surface area contributed by atoms with E-state index in [1.165, 1.54) is 30.5 Å². The molecule has 4 N–H and O–H groups in total. The molecule has 2 aromatic rings. The second-order valence-corrected chi connectivity index (χ2v) is 5.60. The lowest BCUT2D eigenvalue weighted by molar-refractivity contribution is -0.207. The number of nitrogens with one attached hydrogen (secondary N) is 1. The van der Waals surface area contributed by atoms with E-state index in [9.17, 15) is 27.9 Å². The summed E-state index contributed by atoms with van der Waals surface area (Å²) < 4.78 is 39.6. The number of benzene rings is 1. The van der Waals surface area contributed by atoms with Gasteiger partial charge in [0.2, 0.25) is 0 Å². The van der Waals surface area contributed by atoms with Gasteiger partial charge in [0.15, 0.2) is 6.10 Å². The van der Waals surface area contributed by atoms with E-state index in [0.29, 0.717) is 10.6 Å². The van der Waals surface area contributed by atoms with Gasteiger partial charge in [-0.05, 0) is 17.7 Å². The fourth-order valence-corrected chi connectivity index (χ4v) is 2.27. The van der Waals surface area contributed by atoms with Crippen molar-refractivity contribution in [3.05, 3.63) is 46.0 Å². The Morgan fingerprint density at radius 2 is 1.92 bits per heavy atom. The maximum atomic E-state index is 12.7. The first kappa shape index (κ1) is 19.0. The van der Waals surface area contributed by atoms with Gasteiger partial charge < -0.3 is 5.11 Å². The number of hydrogen-bond acceptors (Lipinski definition) is 4. The summed E-state index contributed by atoms with van der Waals surface area (Å²) in [5.74, 6) is 4.25. The van der Waals surface area contributed by atoms with Crippen molar-refractivity contribution in [1.82, 2.24) is 14.6 Å². The van der Waals surface area contributed by atoms with Gasteiger partial charge in [-0.25, -0.2) is 10.6 Å². The highest BCUT2D eigenvalue weighted by Gasteiger charge is 2.39. The Kier molecular flexibility index (Phi) is 5.55. The summed E-state index contributed by atoms with van der Waals surface area (Å²) in [5, 5.41) is 9.70. The summed E-state index contributed by atoms with van der Waals surface area (Å²) >= 11 is 5.78. The van der Waals surface area contributed by atoms with E-state index in [2.05, 4.69) is 0 Å². The number of hydrazine groups is 1. The largest absolute Gasteiger partial charge is 0.416 e. The van der Waals surface area contributed by atoms with Crippen LogP contribution in [0.25, 0.3) is 11.3 Å². The molecule has 1 aromatic carbocycles. The van der Waals surface area contributed by atoms with Gasteiger partial charge in [0.1, 0.15) is 6.54 Å². The van der Waals surface area contributed by atoms with Gasteiger partial charge >= 0.3 is 11.9 Å². The van der Waals surface area contributed by atoms with Crippen molar-refractivity contribution in [2.24, 2.45) is 5.84 Å². The molecule has 0 aliphatic rings. The summed E-state index contributed by atoms with van der Waals surface area (Å²) in [5.41, 5.74) is 1.42. The Labute approximate surface area is 144 Å². The van der Waals surface area contributed by atoms with Gasteiger partial charge in [-0.3, -0.25) is 19.4 Å². The van der Waals surface area contributed by atoms with Crippen LogP contribution in [-0.4, -0.2) is 32.4 Å². The fraction of sp³-hybridized carbons (Fsp3) is 0.286. The van der Waals surface area contributed by atoms with E-state index in [4.69, 9.17) is 17.4 Å². The second-order valence-electron chi connectivity index (χ2n) is 5.17. The molecule has 0 aliphatic heterocycles. The van der Waals surface area contributed by atoms with Gasteiger partial charge in [0.25, 0.3) is 5.91 Å². The van der Waals surface area contributed by atoms with Crippen LogP contribution in [0.1, 0.15) is 0 Å². The van der Waals surface area contributed by atoms with Gasteiger partial charge in [-0.15, -0.1) is 0 Å². The number of hydrogen-bond donors (Lipinski definition) is 3. The Balaban J connectivity index is 2.51. The molecule has 0 radical (unpaired) electrons. The summed E-state index contributed by atoms with van der Waals surface area (Å²) in [6.07, 6.45) is -6.42. The molecule has 0 saturated carbocycles. The molecule has 1 unspecified atom stereocenters. The number of aliphatic hydroxyl groups is 1. The minimum absolute atomic E-state index is 0.0924. The van der Waals surface area contributed by atoms with Crippen molar-refractivity contribution >= 4 is 17.5 Å². The first-order valence-corrected chi connectivity index (χ1v) is 7.31. The number of carbonyl (C=O) groups excluding carboxylic acids is 1. The van der Waals surface area contributed by atoms with Crippen molar-refractivity contribution in [2.75, 3.05) is 0 Å². The molecule has 7 nitrogen and oxygen atoms in total. The lowest BCUT2D eigenvalue weighted by atomic mass is 10.1. The molecule has 0 saturated heterocycles. The van der Waals surface area contributed by atoms with Crippen molar-refractivity contribution < 1.29 is 23.1 Å². The van der Waals surface area contributed by atoms with E-state index >= 15 is 0 Å². The van der Waals surface area contributed by atoms with E-state index in [1.807, 2.05) is 5.43 Å². The maximum absolute atomic E-state index is 12.7. The maximum Gasteiger partial charge on any atom is 0.416 e. The van der Waals surface area contributed by atoms with Crippen LogP contribution in [0.15, 0.2) is 35.3 Å². The van der Waals surface area contributed by atoms with Gasteiger partial charge in [-0.2, -0.15) is 13.2 Å². The zero-order chi connectivity index (χ0) is 18.8. The fourth-order valence-electron chi connectivity index (χ4n) is 2.15. The first-order chi connectivity index (χ1) is 11.6. The van der Waals surface area contributed by atoms with Crippen LogP contribution in [-0.2, 0) is 17.9 Å². The number of halogens is 4. The highest BCUT2D eigenvalue weighted by molar-refractivity contribution is 6.30. The number of nitrogens with zero attached hydrogens (tertiary/aromatic N) is 2. The molecule has 0 spiro atoms. The second kappa shape index (κ2) is 7.30. The van der Waals surface area contributed by atoms with Crippen LogP contribution in [0.2, 0.25) is 5.02 Å². The third kappa shape index (κ3) is 4.41. The molecular formula is C14H14ClF3N4O3. The normalized spacial score (nSPS) is 12.9. The summed E-state index contributed by atoms with van der Waals surface area (Å²) in [6, 6.07) is 5.99. The molecule has 11 heteroatoms. The molecule has 25 heavy (non-hydrogen) atoms.